The fourth-order valence-corrected chi connectivity index (χ4v) is 2.69. The van der Waals surface area contributed by atoms with Crippen LogP contribution in [0.5, 0.6) is 0 Å². The molecule has 0 bridgehead atoms. The molecule has 1 aliphatic heterocycles. The van der Waals surface area contributed by atoms with E-state index in [9.17, 15) is 22.8 Å². The molecular formula is C13H10F3NO2S. The largest absolute Gasteiger partial charge is 0.416 e. The van der Waals surface area contributed by atoms with E-state index in [0.29, 0.717) is 11.8 Å². The Morgan fingerprint density at radius 1 is 1.25 bits per heavy atom. The van der Waals surface area contributed by atoms with Crippen molar-refractivity contribution in [1.29, 1.82) is 0 Å². The second kappa shape index (κ2) is 5.32. The average Bonchev–Trinajstić information content (AvgIpc) is 2.63. The molecule has 3 nitrogen and oxygen atoms in total. The van der Waals surface area contributed by atoms with Gasteiger partial charge in [-0.3, -0.25) is 14.5 Å². The topological polar surface area (TPSA) is 37.4 Å². The van der Waals surface area contributed by atoms with E-state index >= 15 is 0 Å². The molecule has 0 radical (unpaired) electrons. The lowest BCUT2D eigenvalue weighted by Gasteiger charge is -2.10. The number of thioether (sulfide) groups is 1. The van der Waals surface area contributed by atoms with Gasteiger partial charge in [0.25, 0.3) is 11.1 Å². The lowest BCUT2D eigenvalue weighted by molar-refractivity contribution is -0.137. The highest BCUT2D eigenvalue weighted by molar-refractivity contribution is 8.18. The van der Waals surface area contributed by atoms with Crippen molar-refractivity contribution in [1.82, 2.24) is 4.90 Å². The molecular weight excluding hydrogens is 291 g/mol. The van der Waals surface area contributed by atoms with E-state index in [0.717, 1.165) is 17.0 Å². The number of rotatable bonds is 2. The summed E-state index contributed by atoms with van der Waals surface area (Å²) in [6, 6.07) is 4.93. The Kier molecular flexibility index (Phi) is 3.89. The Labute approximate surface area is 117 Å². The summed E-state index contributed by atoms with van der Waals surface area (Å²) in [4.78, 5) is 24.4. The van der Waals surface area contributed by atoms with Gasteiger partial charge in [-0.25, -0.2) is 0 Å². The smallest absolute Gasteiger partial charge is 0.269 e. The van der Waals surface area contributed by atoms with Gasteiger partial charge >= 0.3 is 6.18 Å². The van der Waals surface area contributed by atoms with E-state index in [-0.39, 0.29) is 17.0 Å². The summed E-state index contributed by atoms with van der Waals surface area (Å²) in [5.41, 5.74) is -0.954. The van der Waals surface area contributed by atoms with Crippen LogP contribution in [0.1, 0.15) is 18.1 Å². The van der Waals surface area contributed by atoms with E-state index in [1.807, 2.05) is 0 Å². The standard InChI is InChI=1S/C13H10F3NO2S/c1-2-17-11(18)10(20-12(17)19)7-8-5-3-4-6-9(8)13(14,15)16/h3-7H,2H2,1H3/b10-7+. The van der Waals surface area contributed by atoms with Gasteiger partial charge < -0.3 is 0 Å². The Morgan fingerprint density at radius 2 is 1.90 bits per heavy atom. The zero-order valence-electron chi connectivity index (χ0n) is 10.4. The summed E-state index contributed by atoms with van der Waals surface area (Å²) in [6.07, 6.45) is -3.39. The lowest BCUT2D eigenvalue weighted by atomic mass is 10.1. The number of hydrogen-bond acceptors (Lipinski definition) is 3. The Bertz CT molecular complexity index is 596. The fraction of sp³-hybridized carbons (Fsp3) is 0.231. The predicted molar refractivity (Wildman–Crippen MR) is 69.8 cm³/mol. The van der Waals surface area contributed by atoms with Gasteiger partial charge in [-0.1, -0.05) is 18.2 Å². The SMILES string of the molecule is CCN1C(=O)S/C(=C/c2ccccc2C(F)(F)F)C1=O. The lowest BCUT2D eigenvalue weighted by Crippen LogP contribution is -2.27. The molecule has 0 N–H and O–H groups in total. The first kappa shape index (κ1) is 14.6. The van der Waals surface area contributed by atoms with Crippen molar-refractivity contribution >= 4 is 29.0 Å². The zero-order valence-corrected chi connectivity index (χ0v) is 11.2. The first-order chi connectivity index (χ1) is 9.34. The van der Waals surface area contributed by atoms with E-state index in [1.54, 1.807) is 6.92 Å². The minimum Gasteiger partial charge on any atom is -0.269 e. The van der Waals surface area contributed by atoms with Gasteiger partial charge in [-0.15, -0.1) is 0 Å². The highest BCUT2D eigenvalue weighted by Gasteiger charge is 2.36. The molecule has 2 rings (SSSR count). The molecule has 0 aromatic heterocycles. The molecule has 0 atom stereocenters. The molecule has 1 saturated heterocycles. The zero-order chi connectivity index (χ0) is 14.9. The van der Waals surface area contributed by atoms with Gasteiger partial charge in [0.15, 0.2) is 0 Å². The first-order valence-electron chi connectivity index (χ1n) is 5.76. The third kappa shape index (κ3) is 2.72. The summed E-state index contributed by atoms with van der Waals surface area (Å²) in [6.45, 7) is 1.83. The van der Waals surface area contributed by atoms with E-state index in [4.69, 9.17) is 0 Å². The number of carbonyl (C=O) groups excluding carboxylic acids is 2. The molecule has 1 fully saturated rings. The van der Waals surface area contributed by atoms with Gasteiger partial charge in [-0.2, -0.15) is 13.2 Å². The van der Waals surface area contributed by atoms with E-state index < -0.39 is 22.9 Å². The number of imide groups is 1. The maximum absolute atomic E-state index is 12.8. The van der Waals surface area contributed by atoms with Crippen LogP contribution < -0.4 is 0 Å². The highest BCUT2D eigenvalue weighted by atomic mass is 32.2. The number of carbonyl (C=O) groups is 2. The molecule has 1 heterocycles. The molecule has 1 aliphatic rings. The molecule has 7 heteroatoms. The molecule has 2 amide bonds. The predicted octanol–water partition coefficient (Wildman–Crippen LogP) is 3.76. The summed E-state index contributed by atoms with van der Waals surface area (Å²) in [7, 11) is 0. The second-order valence-electron chi connectivity index (χ2n) is 4.01. The van der Waals surface area contributed by atoms with E-state index in [2.05, 4.69) is 0 Å². The number of nitrogens with zero attached hydrogens (tertiary/aromatic N) is 1. The quantitative estimate of drug-likeness (QED) is 0.781. The van der Waals surface area contributed by atoms with Crippen molar-refractivity contribution in [3.05, 3.63) is 40.3 Å². The van der Waals surface area contributed by atoms with Crippen LogP contribution >= 0.6 is 11.8 Å². The minimum absolute atomic E-state index is 0.00792. The van der Waals surface area contributed by atoms with Gasteiger partial charge in [0, 0.05) is 6.54 Å². The van der Waals surface area contributed by atoms with Gasteiger partial charge in [0.1, 0.15) is 0 Å². The summed E-state index contributed by atoms with van der Waals surface area (Å²) in [5, 5.41) is -0.465. The first-order valence-corrected chi connectivity index (χ1v) is 6.58. The molecule has 106 valence electrons. The third-order valence-electron chi connectivity index (χ3n) is 2.74. The molecule has 0 aliphatic carbocycles. The van der Waals surface area contributed by atoms with Crippen molar-refractivity contribution in [2.45, 2.75) is 13.1 Å². The molecule has 1 aromatic carbocycles. The Morgan fingerprint density at radius 3 is 2.45 bits per heavy atom. The van der Waals surface area contributed by atoms with Crippen LogP contribution in [-0.4, -0.2) is 22.6 Å². The highest BCUT2D eigenvalue weighted by Crippen LogP contribution is 2.36. The molecule has 1 aromatic rings. The van der Waals surface area contributed by atoms with Crippen molar-refractivity contribution in [2.24, 2.45) is 0 Å². The van der Waals surface area contributed by atoms with Gasteiger partial charge in [-0.05, 0) is 36.4 Å². The third-order valence-corrected chi connectivity index (χ3v) is 3.65. The van der Waals surface area contributed by atoms with Crippen LogP contribution in [0.2, 0.25) is 0 Å². The fourth-order valence-electron chi connectivity index (χ4n) is 1.79. The van der Waals surface area contributed by atoms with Gasteiger partial charge in [0.2, 0.25) is 0 Å². The second-order valence-corrected chi connectivity index (χ2v) is 5.00. The minimum atomic E-state index is -4.51. The van der Waals surface area contributed by atoms with Crippen molar-refractivity contribution in [3.8, 4) is 0 Å². The van der Waals surface area contributed by atoms with Crippen LogP contribution in [0.25, 0.3) is 6.08 Å². The summed E-state index contributed by atoms with van der Waals surface area (Å²) >= 11 is 0.652. The monoisotopic (exact) mass is 301 g/mol. The summed E-state index contributed by atoms with van der Waals surface area (Å²) in [5.74, 6) is -0.556. The Balaban J connectivity index is 2.43. The van der Waals surface area contributed by atoms with Crippen LogP contribution in [0, 0.1) is 0 Å². The molecule has 0 unspecified atom stereocenters. The van der Waals surface area contributed by atoms with Crippen LogP contribution in [0.15, 0.2) is 29.2 Å². The van der Waals surface area contributed by atoms with E-state index in [1.165, 1.54) is 18.2 Å². The van der Waals surface area contributed by atoms with Crippen molar-refractivity contribution in [2.75, 3.05) is 6.54 Å². The maximum Gasteiger partial charge on any atom is 0.416 e. The van der Waals surface area contributed by atoms with Crippen LogP contribution in [0.3, 0.4) is 0 Å². The number of benzene rings is 1. The normalized spacial score (nSPS) is 18.2. The molecule has 0 saturated carbocycles. The van der Waals surface area contributed by atoms with Crippen molar-refractivity contribution < 1.29 is 22.8 Å². The van der Waals surface area contributed by atoms with Gasteiger partial charge in [0.05, 0.1) is 10.5 Å². The molecule has 20 heavy (non-hydrogen) atoms. The maximum atomic E-state index is 12.8. The number of likely N-dealkylation sites (N-methyl/N-ethyl adjacent to an activating group) is 1. The number of halogens is 3. The number of hydrogen-bond donors (Lipinski definition) is 0. The average molecular weight is 301 g/mol. The Hall–Kier alpha value is -1.76. The number of alkyl halides is 3. The van der Waals surface area contributed by atoms with Crippen LogP contribution in [-0.2, 0) is 11.0 Å². The molecule has 0 spiro atoms. The number of amides is 2. The summed E-state index contributed by atoms with van der Waals surface area (Å²) < 4.78 is 38.5. The van der Waals surface area contributed by atoms with Crippen molar-refractivity contribution in [3.63, 3.8) is 0 Å². The van der Waals surface area contributed by atoms with Crippen LogP contribution in [0.4, 0.5) is 18.0 Å².